The summed E-state index contributed by atoms with van der Waals surface area (Å²) >= 11 is 0. The van der Waals surface area contributed by atoms with Crippen molar-refractivity contribution in [2.45, 2.75) is 12.6 Å². The van der Waals surface area contributed by atoms with Gasteiger partial charge in [0.25, 0.3) is 5.91 Å². The first-order chi connectivity index (χ1) is 13.4. The fraction of sp³-hybridized carbons (Fsp3) is 0.158. The predicted molar refractivity (Wildman–Crippen MR) is 102 cm³/mol. The van der Waals surface area contributed by atoms with Gasteiger partial charge in [0.1, 0.15) is 18.6 Å². The molecular formula is C19H20BFN2O5. The molecule has 28 heavy (non-hydrogen) atoms. The van der Waals surface area contributed by atoms with E-state index in [1.54, 1.807) is 24.3 Å². The van der Waals surface area contributed by atoms with E-state index in [1.165, 1.54) is 24.3 Å². The lowest BCUT2D eigenvalue weighted by Gasteiger charge is -2.24. The highest BCUT2D eigenvalue weighted by molar-refractivity contribution is 6.32. The lowest BCUT2D eigenvalue weighted by atomic mass is 10.1. The Balaban J connectivity index is 2.13. The van der Waals surface area contributed by atoms with Crippen molar-refractivity contribution in [3.63, 3.8) is 0 Å². The van der Waals surface area contributed by atoms with E-state index in [0.29, 0.717) is 0 Å². The third-order valence-electron chi connectivity index (χ3n) is 3.76. The second-order valence-electron chi connectivity index (χ2n) is 5.79. The molecule has 0 aromatic heterocycles. The van der Waals surface area contributed by atoms with E-state index in [9.17, 15) is 14.0 Å². The van der Waals surface area contributed by atoms with Gasteiger partial charge >= 0.3 is 7.32 Å². The predicted octanol–water partition coefficient (Wildman–Crippen LogP) is 1.02. The molecule has 9 heteroatoms. The fourth-order valence-electron chi connectivity index (χ4n) is 2.54. The summed E-state index contributed by atoms with van der Waals surface area (Å²) in [5.74, 6) is -2.02. The van der Waals surface area contributed by atoms with Crippen LogP contribution < -0.4 is 10.2 Å². The minimum absolute atomic E-state index is 0.0785. The van der Waals surface area contributed by atoms with Crippen LogP contribution >= 0.6 is 0 Å². The summed E-state index contributed by atoms with van der Waals surface area (Å²) in [4.78, 5) is 25.5. The number of anilines is 1. The zero-order valence-corrected chi connectivity index (χ0v) is 15.0. The molecule has 1 atom stereocenters. The Labute approximate surface area is 162 Å². The average molecular weight is 386 g/mol. The summed E-state index contributed by atoms with van der Waals surface area (Å²) in [5, 5.41) is 20.6. The molecule has 0 aliphatic rings. The van der Waals surface area contributed by atoms with Crippen molar-refractivity contribution in [1.82, 2.24) is 5.32 Å². The van der Waals surface area contributed by atoms with E-state index in [2.05, 4.69) is 11.9 Å². The van der Waals surface area contributed by atoms with Crippen LogP contribution in [0.1, 0.15) is 5.56 Å². The third kappa shape index (κ3) is 6.31. The van der Waals surface area contributed by atoms with E-state index < -0.39 is 37.7 Å². The van der Waals surface area contributed by atoms with Crippen molar-refractivity contribution in [3.05, 3.63) is 78.6 Å². The minimum Gasteiger partial charge on any atom is -0.402 e. The minimum atomic E-state index is -2.11. The summed E-state index contributed by atoms with van der Waals surface area (Å²) in [6, 6.07) is 14.5. The number of benzene rings is 2. The lowest BCUT2D eigenvalue weighted by Crippen LogP contribution is -2.47. The second-order valence-corrected chi connectivity index (χ2v) is 5.79. The van der Waals surface area contributed by atoms with Crippen molar-refractivity contribution in [2.24, 2.45) is 0 Å². The Bertz CT molecular complexity index is 819. The molecule has 146 valence electrons. The molecule has 0 saturated carbocycles. The summed E-state index contributed by atoms with van der Waals surface area (Å²) in [6.45, 7) is 2.85. The molecule has 2 amide bonds. The van der Waals surface area contributed by atoms with Crippen LogP contribution in [-0.2, 0) is 20.7 Å². The molecule has 3 N–H and O–H groups in total. The van der Waals surface area contributed by atoms with Gasteiger partial charge in [-0.1, -0.05) is 49.0 Å². The van der Waals surface area contributed by atoms with Crippen molar-refractivity contribution in [1.29, 1.82) is 0 Å². The maximum atomic E-state index is 14.1. The van der Waals surface area contributed by atoms with E-state index in [4.69, 9.17) is 14.7 Å². The molecule has 0 saturated heterocycles. The van der Waals surface area contributed by atoms with Gasteiger partial charge in [-0.05, 0) is 23.8 Å². The number of nitrogens with one attached hydrogen (secondary N) is 1. The smallest absolute Gasteiger partial charge is 0.402 e. The fourth-order valence-corrected chi connectivity index (χ4v) is 2.54. The molecule has 0 unspecified atom stereocenters. The van der Waals surface area contributed by atoms with Gasteiger partial charge in [-0.15, -0.1) is 0 Å². The van der Waals surface area contributed by atoms with E-state index >= 15 is 0 Å². The van der Waals surface area contributed by atoms with Crippen molar-refractivity contribution < 1.29 is 28.7 Å². The van der Waals surface area contributed by atoms with Crippen LogP contribution in [0.2, 0.25) is 0 Å². The number of carbonyl (C=O) groups is 2. The molecule has 0 fully saturated rings. The molecule has 2 aromatic rings. The number of amides is 2. The quantitative estimate of drug-likeness (QED) is 0.340. The first-order valence-electron chi connectivity index (χ1n) is 8.44. The van der Waals surface area contributed by atoms with Crippen LogP contribution in [0.15, 0.2) is 67.3 Å². The van der Waals surface area contributed by atoms with Crippen LogP contribution in [0.3, 0.4) is 0 Å². The number of rotatable bonds is 9. The number of halogens is 1. The topological polar surface area (TPSA) is 99.1 Å². The van der Waals surface area contributed by atoms with Crippen molar-refractivity contribution >= 4 is 24.8 Å². The van der Waals surface area contributed by atoms with Gasteiger partial charge in [-0.2, -0.15) is 0 Å². The molecule has 2 rings (SSSR count). The van der Waals surface area contributed by atoms with E-state index in [1.807, 2.05) is 6.07 Å². The molecule has 7 nitrogen and oxygen atoms in total. The van der Waals surface area contributed by atoms with Gasteiger partial charge in [0.15, 0.2) is 0 Å². The number of para-hydroxylation sites is 1. The molecule has 0 heterocycles. The van der Waals surface area contributed by atoms with Gasteiger partial charge in [-0.25, -0.2) is 4.39 Å². The Morgan fingerprint density at radius 2 is 1.82 bits per heavy atom. The Hall–Kier alpha value is -3.01. The molecule has 0 aliphatic heterocycles. The van der Waals surface area contributed by atoms with Gasteiger partial charge < -0.3 is 20.0 Å². The van der Waals surface area contributed by atoms with Crippen LogP contribution in [0.25, 0.3) is 0 Å². The van der Waals surface area contributed by atoms with Crippen LogP contribution in [0, 0.1) is 5.82 Å². The Kier molecular flexibility index (Phi) is 7.88. The first kappa shape index (κ1) is 21.3. The first-order valence-corrected chi connectivity index (χ1v) is 8.44. The van der Waals surface area contributed by atoms with Crippen molar-refractivity contribution in [3.8, 4) is 0 Å². The molecule has 2 aromatic carbocycles. The van der Waals surface area contributed by atoms with Crippen molar-refractivity contribution in [2.75, 3.05) is 11.4 Å². The highest BCUT2D eigenvalue weighted by Crippen LogP contribution is 2.19. The normalized spacial score (nSPS) is 11.4. The number of hydrogen-bond acceptors (Lipinski definition) is 5. The second kappa shape index (κ2) is 10.4. The summed E-state index contributed by atoms with van der Waals surface area (Å²) in [6.07, 6.45) is 0.0465. The van der Waals surface area contributed by atoms with Gasteiger partial charge in [-0.3, -0.25) is 14.5 Å². The maximum absolute atomic E-state index is 14.1. The highest BCUT2D eigenvalue weighted by atomic mass is 19.1. The van der Waals surface area contributed by atoms with Gasteiger partial charge in [0, 0.05) is 6.42 Å². The van der Waals surface area contributed by atoms with Crippen LogP contribution in [0.4, 0.5) is 10.1 Å². The zero-order valence-electron chi connectivity index (χ0n) is 15.0. The third-order valence-corrected chi connectivity index (χ3v) is 3.76. The standard InChI is InChI=1S/C19H20BFN2O5/c1-2-19(25)23(16-11-7-6-10-15(16)21)13-17(24)22-18(28-20(26)27)12-14-8-4-3-5-9-14/h2-11,18,26-27H,1,12-13H2,(H,22,24)/t18-/m1/s1. The molecule has 0 spiro atoms. The monoisotopic (exact) mass is 386 g/mol. The van der Waals surface area contributed by atoms with Gasteiger partial charge in [0.05, 0.1) is 5.69 Å². The number of hydrogen-bond donors (Lipinski definition) is 3. The molecule has 0 radical (unpaired) electrons. The largest absolute Gasteiger partial charge is 0.635 e. The zero-order chi connectivity index (χ0) is 20.5. The SMILES string of the molecule is C=CC(=O)N(CC(=O)N[C@@H](Cc1ccccc1)OB(O)O)c1ccccc1F. The van der Waals surface area contributed by atoms with E-state index in [0.717, 1.165) is 16.5 Å². The summed E-state index contributed by atoms with van der Waals surface area (Å²) in [5.41, 5.74) is 0.701. The van der Waals surface area contributed by atoms with Crippen LogP contribution in [-0.4, -0.2) is 42.0 Å². The maximum Gasteiger partial charge on any atom is 0.635 e. The lowest BCUT2D eigenvalue weighted by molar-refractivity contribution is -0.124. The van der Waals surface area contributed by atoms with E-state index in [-0.39, 0.29) is 12.1 Å². The summed E-state index contributed by atoms with van der Waals surface area (Å²) in [7, 11) is -2.11. The summed E-state index contributed by atoms with van der Waals surface area (Å²) < 4.78 is 19.0. The van der Waals surface area contributed by atoms with Crippen LogP contribution in [0.5, 0.6) is 0 Å². The molecule has 0 aliphatic carbocycles. The molecular weight excluding hydrogens is 366 g/mol. The highest BCUT2D eigenvalue weighted by Gasteiger charge is 2.24. The molecule has 0 bridgehead atoms. The Morgan fingerprint density at radius 3 is 2.43 bits per heavy atom. The number of nitrogens with zero attached hydrogens (tertiary/aromatic N) is 1. The Morgan fingerprint density at radius 1 is 1.18 bits per heavy atom. The van der Waals surface area contributed by atoms with Gasteiger partial charge in [0.2, 0.25) is 5.91 Å². The number of carbonyl (C=O) groups excluding carboxylic acids is 2. The average Bonchev–Trinajstić information content (AvgIpc) is 2.66.